The predicted octanol–water partition coefficient (Wildman–Crippen LogP) is 2.75. The van der Waals surface area contributed by atoms with Crippen molar-refractivity contribution in [2.24, 2.45) is 0 Å². The van der Waals surface area contributed by atoms with Crippen molar-refractivity contribution in [2.75, 3.05) is 13.2 Å². The smallest absolute Gasteiger partial charge is 0.344 e. The maximum atomic E-state index is 11.1. The molecule has 0 saturated carbocycles. The van der Waals surface area contributed by atoms with Gasteiger partial charge in [-0.3, -0.25) is 4.79 Å². The van der Waals surface area contributed by atoms with Gasteiger partial charge in [0.25, 0.3) is 0 Å². The van der Waals surface area contributed by atoms with Gasteiger partial charge in [-0.2, -0.15) is 0 Å². The van der Waals surface area contributed by atoms with E-state index in [0.717, 1.165) is 0 Å². The van der Waals surface area contributed by atoms with Crippen LogP contribution in [0.25, 0.3) is 0 Å². The molecule has 0 atom stereocenters. The summed E-state index contributed by atoms with van der Waals surface area (Å²) in [4.78, 5) is 21.6. The van der Waals surface area contributed by atoms with Crippen LogP contribution in [-0.2, 0) is 9.53 Å². The standard InChI is InChI=1S/C11H10Cl2O4/c1-2-16-9(15)6-17-8-4-3-7(5-14)10(12)11(8)13/h3-5H,2,6H2,1H3. The third-order valence-electron chi connectivity index (χ3n) is 1.85. The molecule has 92 valence electrons. The van der Waals surface area contributed by atoms with Gasteiger partial charge in [-0.1, -0.05) is 23.2 Å². The van der Waals surface area contributed by atoms with Crippen LogP contribution in [0.15, 0.2) is 12.1 Å². The van der Waals surface area contributed by atoms with Crippen LogP contribution < -0.4 is 4.74 Å². The lowest BCUT2D eigenvalue weighted by Gasteiger charge is -2.09. The summed E-state index contributed by atoms with van der Waals surface area (Å²) in [6.45, 7) is 1.71. The van der Waals surface area contributed by atoms with Gasteiger partial charge < -0.3 is 9.47 Å². The molecule has 0 bridgehead atoms. The highest BCUT2D eigenvalue weighted by molar-refractivity contribution is 6.44. The molecule has 0 aliphatic heterocycles. The molecule has 0 fully saturated rings. The summed E-state index contributed by atoms with van der Waals surface area (Å²) in [5, 5.41) is 0.198. The van der Waals surface area contributed by atoms with Crippen molar-refractivity contribution in [1.82, 2.24) is 0 Å². The molecule has 0 unspecified atom stereocenters. The summed E-state index contributed by atoms with van der Waals surface area (Å²) in [7, 11) is 0. The lowest BCUT2D eigenvalue weighted by molar-refractivity contribution is -0.145. The number of aldehydes is 1. The average molecular weight is 277 g/mol. The van der Waals surface area contributed by atoms with Gasteiger partial charge in [-0.05, 0) is 19.1 Å². The van der Waals surface area contributed by atoms with Gasteiger partial charge in [0.15, 0.2) is 12.9 Å². The lowest BCUT2D eigenvalue weighted by Crippen LogP contribution is -2.14. The topological polar surface area (TPSA) is 52.6 Å². The molecule has 0 amide bonds. The molecule has 0 saturated heterocycles. The van der Waals surface area contributed by atoms with Gasteiger partial charge >= 0.3 is 5.97 Å². The Hall–Kier alpha value is -1.26. The van der Waals surface area contributed by atoms with Crippen LogP contribution in [0.4, 0.5) is 0 Å². The number of hydrogen-bond donors (Lipinski definition) is 0. The molecular weight excluding hydrogens is 267 g/mol. The van der Waals surface area contributed by atoms with Crippen molar-refractivity contribution in [3.8, 4) is 5.75 Å². The number of ether oxygens (including phenoxy) is 2. The number of carbonyl (C=O) groups excluding carboxylic acids is 2. The molecule has 4 nitrogen and oxygen atoms in total. The highest BCUT2D eigenvalue weighted by Crippen LogP contribution is 2.33. The van der Waals surface area contributed by atoms with E-state index in [9.17, 15) is 9.59 Å². The molecule has 0 spiro atoms. The second kappa shape index (κ2) is 6.47. The minimum atomic E-state index is -0.501. The van der Waals surface area contributed by atoms with Crippen LogP contribution in [0, 0.1) is 0 Å². The van der Waals surface area contributed by atoms with Crippen LogP contribution in [0.2, 0.25) is 10.0 Å². The quantitative estimate of drug-likeness (QED) is 0.613. The van der Waals surface area contributed by atoms with Crippen LogP contribution in [0.5, 0.6) is 5.75 Å². The van der Waals surface area contributed by atoms with Gasteiger partial charge in [0.05, 0.1) is 11.6 Å². The molecule has 17 heavy (non-hydrogen) atoms. The Labute approximate surface area is 108 Å². The summed E-state index contributed by atoms with van der Waals surface area (Å²) in [5.41, 5.74) is 0.264. The molecule has 0 heterocycles. The van der Waals surface area contributed by atoms with Crippen LogP contribution >= 0.6 is 23.2 Å². The second-order valence-corrected chi connectivity index (χ2v) is 3.75. The van der Waals surface area contributed by atoms with Gasteiger partial charge in [0, 0.05) is 5.56 Å². The zero-order valence-electron chi connectivity index (χ0n) is 9.04. The van der Waals surface area contributed by atoms with E-state index in [1.165, 1.54) is 12.1 Å². The number of benzene rings is 1. The monoisotopic (exact) mass is 276 g/mol. The van der Waals surface area contributed by atoms with Gasteiger partial charge in [0.2, 0.25) is 0 Å². The van der Waals surface area contributed by atoms with Crippen molar-refractivity contribution in [3.63, 3.8) is 0 Å². The van der Waals surface area contributed by atoms with E-state index >= 15 is 0 Å². The molecular formula is C11H10Cl2O4. The van der Waals surface area contributed by atoms with Crippen molar-refractivity contribution in [3.05, 3.63) is 27.7 Å². The molecule has 0 radical (unpaired) electrons. The Morgan fingerprint density at radius 2 is 2.06 bits per heavy atom. The molecule has 0 aliphatic carbocycles. The number of carbonyl (C=O) groups is 2. The Kier molecular flexibility index (Phi) is 5.25. The summed E-state index contributed by atoms with van der Waals surface area (Å²) in [6.07, 6.45) is 0.587. The van der Waals surface area contributed by atoms with E-state index in [2.05, 4.69) is 4.74 Å². The molecule has 0 aromatic heterocycles. The maximum absolute atomic E-state index is 11.1. The normalized spacial score (nSPS) is 9.82. The average Bonchev–Trinajstić information content (AvgIpc) is 2.31. The van der Waals surface area contributed by atoms with Gasteiger partial charge in [-0.25, -0.2) is 4.79 Å². The number of rotatable bonds is 5. The number of hydrogen-bond acceptors (Lipinski definition) is 4. The molecule has 1 aromatic carbocycles. The fourth-order valence-corrected chi connectivity index (χ4v) is 1.52. The molecule has 0 N–H and O–H groups in total. The van der Waals surface area contributed by atoms with E-state index in [0.29, 0.717) is 6.29 Å². The van der Waals surface area contributed by atoms with Gasteiger partial charge in [-0.15, -0.1) is 0 Å². The molecule has 6 heteroatoms. The second-order valence-electron chi connectivity index (χ2n) is 2.99. The van der Waals surface area contributed by atoms with E-state index < -0.39 is 5.97 Å². The zero-order chi connectivity index (χ0) is 12.8. The summed E-state index contributed by atoms with van der Waals surface area (Å²) < 4.78 is 9.81. The largest absolute Gasteiger partial charge is 0.480 e. The van der Waals surface area contributed by atoms with E-state index in [1.54, 1.807) is 6.92 Å². The molecule has 0 aliphatic rings. The van der Waals surface area contributed by atoms with E-state index in [-0.39, 0.29) is 34.6 Å². The van der Waals surface area contributed by atoms with Crippen molar-refractivity contribution < 1.29 is 19.1 Å². The first kappa shape index (κ1) is 13.8. The first-order valence-corrected chi connectivity index (χ1v) is 5.57. The zero-order valence-corrected chi connectivity index (χ0v) is 10.5. The molecule has 1 aromatic rings. The first-order valence-electron chi connectivity index (χ1n) is 4.81. The van der Waals surface area contributed by atoms with Crippen molar-refractivity contribution >= 4 is 35.5 Å². The Bertz CT molecular complexity index is 432. The van der Waals surface area contributed by atoms with Crippen molar-refractivity contribution in [2.45, 2.75) is 6.92 Å². The predicted molar refractivity (Wildman–Crippen MR) is 64.0 cm³/mol. The summed E-state index contributed by atoms with van der Waals surface area (Å²) in [5.74, 6) is -0.269. The molecule has 1 rings (SSSR count). The van der Waals surface area contributed by atoms with Crippen LogP contribution in [0.3, 0.4) is 0 Å². The third kappa shape index (κ3) is 3.61. The summed E-state index contributed by atoms with van der Waals surface area (Å²) >= 11 is 11.7. The van der Waals surface area contributed by atoms with Crippen LogP contribution in [-0.4, -0.2) is 25.5 Å². The maximum Gasteiger partial charge on any atom is 0.344 e. The summed E-state index contributed by atoms with van der Waals surface area (Å²) in [6, 6.07) is 2.93. The Morgan fingerprint density at radius 1 is 1.35 bits per heavy atom. The highest BCUT2D eigenvalue weighted by Gasteiger charge is 2.12. The minimum absolute atomic E-state index is 0.0977. The Balaban J connectivity index is 2.76. The number of esters is 1. The van der Waals surface area contributed by atoms with Crippen LogP contribution in [0.1, 0.15) is 17.3 Å². The lowest BCUT2D eigenvalue weighted by atomic mass is 10.2. The first-order chi connectivity index (χ1) is 8.10. The SMILES string of the molecule is CCOC(=O)COc1ccc(C=O)c(Cl)c1Cl. The highest BCUT2D eigenvalue weighted by atomic mass is 35.5. The number of halogens is 2. The third-order valence-corrected chi connectivity index (χ3v) is 2.73. The van der Waals surface area contributed by atoms with Gasteiger partial charge in [0.1, 0.15) is 10.8 Å². The fraction of sp³-hybridized carbons (Fsp3) is 0.273. The minimum Gasteiger partial charge on any atom is -0.480 e. The van der Waals surface area contributed by atoms with Crippen molar-refractivity contribution in [1.29, 1.82) is 0 Å². The van der Waals surface area contributed by atoms with E-state index in [1.807, 2.05) is 0 Å². The Morgan fingerprint density at radius 3 is 2.65 bits per heavy atom. The fourth-order valence-electron chi connectivity index (χ4n) is 1.09. The van der Waals surface area contributed by atoms with E-state index in [4.69, 9.17) is 27.9 Å².